The molecule has 0 aromatic heterocycles. The number of para-hydroxylation sites is 1. The summed E-state index contributed by atoms with van der Waals surface area (Å²) in [5.41, 5.74) is -0.216. The molecule has 0 spiro atoms. The lowest BCUT2D eigenvalue weighted by atomic mass is 9.92. The second-order valence-corrected chi connectivity index (χ2v) is 14.9. The van der Waals surface area contributed by atoms with E-state index >= 15 is 0 Å². The molecule has 3 aromatic carbocycles. The Morgan fingerprint density at radius 3 is 2.24 bits per heavy atom. The Morgan fingerprint density at radius 1 is 1.02 bits per heavy atom. The third kappa shape index (κ3) is 9.77. The van der Waals surface area contributed by atoms with Crippen molar-refractivity contribution in [3.05, 3.63) is 94.5 Å². The molecule has 4 atom stereocenters. The second-order valence-electron chi connectivity index (χ2n) is 13.2. The molecular weight excluding hydrogens is 652 g/mol. The largest absolute Gasteiger partial charge is 0.497 e. The Labute approximate surface area is 287 Å². The van der Waals surface area contributed by atoms with E-state index in [-0.39, 0.29) is 25.5 Å². The summed E-state index contributed by atoms with van der Waals surface area (Å²) < 4.78 is 47.9. The standard InChI is InChI=1S/C35H44N4O9S/c1-23(2)20-28(34(41)48-35(3,4)5)38-21-29(47-22-24-12-8-7-9-13-24)31(32(33(38)40)36-25-16-18-26(46-6)19-17-25)37-49(44,45)30-15-11-10-14-27(30)39(42)43/h7-19,23,28-29,31-32,36-37H,20-22H2,1-6H3/t28-,29+,31-,32+/m0/s1. The van der Waals surface area contributed by atoms with Crippen molar-refractivity contribution < 1.29 is 37.1 Å². The van der Waals surface area contributed by atoms with Crippen LogP contribution in [0.1, 0.15) is 46.6 Å². The van der Waals surface area contributed by atoms with Crippen molar-refractivity contribution in [3.63, 3.8) is 0 Å². The molecule has 3 aromatic rings. The summed E-state index contributed by atoms with van der Waals surface area (Å²) in [6.45, 7) is 8.94. The molecule has 264 valence electrons. The Hall–Kier alpha value is -4.53. The Morgan fingerprint density at radius 2 is 1.65 bits per heavy atom. The number of hydrogen-bond acceptors (Lipinski definition) is 10. The van der Waals surface area contributed by atoms with Crippen LogP contribution >= 0.6 is 0 Å². The number of piperidine rings is 1. The van der Waals surface area contributed by atoms with Gasteiger partial charge in [0.15, 0.2) is 4.90 Å². The van der Waals surface area contributed by atoms with Gasteiger partial charge in [0.05, 0.1) is 30.8 Å². The highest BCUT2D eigenvalue weighted by atomic mass is 32.2. The lowest BCUT2D eigenvalue weighted by molar-refractivity contribution is -0.387. The number of carbonyl (C=O) groups excluding carboxylic acids is 2. The first kappa shape index (κ1) is 37.3. The van der Waals surface area contributed by atoms with Crippen LogP contribution in [-0.2, 0) is 35.7 Å². The zero-order valence-electron chi connectivity index (χ0n) is 28.5. The van der Waals surface area contributed by atoms with Gasteiger partial charge in [-0.2, -0.15) is 0 Å². The number of nitrogens with zero attached hydrogens (tertiary/aromatic N) is 2. The third-order valence-electron chi connectivity index (χ3n) is 7.80. The van der Waals surface area contributed by atoms with Crippen molar-refractivity contribution in [1.82, 2.24) is 9.62 Å². The topological polar surface area (TPSA) is 166 Å². The molecule has 0 aliphatic carbocycles. The van der Waals surface area contributed by atoms with Gasteiger partial charge in [-0.3, -0.25) is 14.9 Å². The first-order valence-corrected chi connectivity index (χ1v) is 17.4. The van der Waals surface area contributed by atoms with Gasteiger partial charge in [0.2, 0.25) is 15.9 Å². The van der Waals surface area contributed by atoms with E-state index < -0.39 is 67.2 Å². The summed E-state index contributed by atoms with van der Waals surface area (Å²) in [4.78, 5) is 40.2. The SMILES string of the molecule is COc1ccc(N[C@H]2C(=O)N([C@@H](CC(C)C)C(=O)OC(C)(C)C)C[C@@H](OCc3ccccc3)[C@@H]2NS(=O)(=O)c2ccccc2[N+](=O)[O-])cc1. The van der Waals surface area contributed by atoms with Gasteiger partial charge < -0.3 is 24.4 Å². The molecule has 1 heterocycles. The lowest BCUT2D eigenvalue weighted by Crippen LogP contribution is -2.69. The van der Waals surface area contributed by atoms with Crippen molar-refractivity contribution in [2.24, 2.45) is 5.92 Å². The minimum Gasteiger partial charge on any atom is -0.497 e. The van der Waals surface area contributed by atoms with Gasteiger partial charge in [-0.05, 0) is 69.0 Å². The fraction of sp³-hybridized carbons (Fsp3) is 0.429. The molecule has 1 saturated heterocycles. The highest BCUT2D eigenvalue weighted by molar-refractivity contribution is 7.89. The maximum Gasteiger partial charge on any atom is 0.329 e. The van der Waals surface area contributed by atoms with E-state index in [2.05, 4.69) is 10.0 Å². The highest BCUT2D eigenvalue weighted by Gasteiger charge is 2.49. The normalized spacial score (nSPS) is 19.0. The maximum absolute atomic E-state index is 14.6. The minimum atomic E-state index is -4.60. The van der Waals surface area contributed by atoms with E-state index in [4.69, 9.17) is 14.2 Å². The van der Waals surface area contributed by atoms with Crippen LogP contribution in [0.25, 0.3) is 0 Å². The zero-order chi connectivity index (χ0) is 35.9. The third-order valence-corrected chi connectivity index (χ3v) is 9.30. The number of carbonyl (C=O) groups is 2. The maximum atomic E-state index is 14.6. The molecule has 13 nitrogen and oxygen atoms in total. The predicted octanol–water partition coefficient (Wildman–Crippen LogP) is 4.92. The molecule has 14 heteroatoms. The lowest BCUT2D eigenvalue weighted by Gasteiger charge is -2.46. The van der Waals surface area contributed by atoms with Crippen molar-refractivity contribution in [1.29, 1.82) is 0 Å². The quantitative estimate of drug-likeness (QED) is 0.134. The highest BCUT2D eigenvalue weighted by Crippen LogP contribution is 2.30. The number of nitro benzene ring substituents is 1. The summed E-state index contributed by atoms with van der Waals surface area (Å²) in [5, 5.41) is 15.0. The zero-order valence-corrected chi connectivity index (χ0v) is 29.3. The molecule has 2 N–H and O–H groups in total. The van der Waals surface area contributed by atoms with Gasteiger partial charge in [-0.1, -0.05) is 56.3 Å². The average molecular weight is 697 g/mol. The molecular formula is C35H44N4O9S. The van der Waals surface area contributed by atoms with Crippen LogP contribution in [0.2, 0.25) is 0 Å². The molecule has 1 amide bonds. The number of ether oxygens (including phenoxy) is 3. The number of amides is 1. The van der Waals surface area contributed by atoms with E-state index in [1.807, 2.05) is 44.2 Å². The van der Waals surface area contributed by atoms with E-state index in [1.54, 1.807) is 45.0 Å². The number of nitrogens with one attached hydrogen (secondary N) is 2. The number of hydrogen-bond donors (Lipinski definition) is 2. The predicted molar refractivity (Wildman–Crippen MR) is 183 cm³/mol. The van der Waals surface area contributed by atoms with Gasteiger partial charge in [0, 0.05) is 18.3 Å². The van der Waals surface area contributed by atoms with E-state index in [0.717, 1.165) is 17.7 Å². The van der Waals surface area contributed by atoms with Gasteiger partial charge in [0.1, 0.15) is 23.4 Å². The molecule has 0 bridgehead atoms. The van der Waals surface area contributed by atoms with Crippen molar-refractivity contribution in [2.75, 3.05) is 19.0 Å². The van der Waals surface area contributed by atoms with Gasteiger partial charge in [-0.25, -0.2) is 17.9 Å². The van der Waals surface area contributed by atoms with E-state index in [9.17, 15) is 28.1 Å². The van der Waals surface area contributed by atoms with Crippen molar-refractivity contribution >= 4 is 33.3 Å². The summed E-state index contributed by atoms with van der Waals surface area (Å²) >= 11 is 0. The molecule has 4 rings (SSSR count). The van der Waals surface area contributed by atoms with Crippen LogP contribution in [0.4, 0.5) is 11.4 Å². The number of nitro groups is 1. The summed E-state index contributed by atoms with van der Waals surface area (Å²) in [6.07, 6.45) is -0.753. The number of likely N-dealkylation sites (tertiary alicyclic amines) is 1. The number of sulfonamides is 1. The second kappa shape index (κ2) is 15.8. The minimum absolute atomic E-state index is 0.0168. The first-order valence-electron chi connectivity index (χ1n) is 15.9. The Kier molecular flexibility index (Phi) is 12.0. The molecule has 0 unspecified atom stereocenters. The number of rotatable bonds is 14. The number of benzene rings is 3. The van der Waals surface area contributed by atoms with E-state index in [1.165, 1.54) is 24.1 Å². The van der Waals surface area contributed by atoms with Gasteiger partial charge in [0.25, 0.3) is 5.69 Å². The van der Waals surface area contributed by atoms with Crippen LogP contribution in [0.3, 0.4) is 0 Å². The summed E-state index contributed by atoms with van der Waals surface area (Å²) in [7, 11) is -3.09. The monoisotopic (exact) mass is 696 g/mol. The molecule has 1 aliphatic heterocycles. The van der Waals surface area contributed by atoms with Crippen molar-refractivity contribution in [3.8, 4) is 5.75 Å². The molecule has 1 aliphatic rings. The van der Waals surface area contributed by atoms with Crippen LogP contribution in [0.15, 0.2) is 83.8 Å². The van der Waals surface area contributed by atoms with Crippen molar-refractivity contribution in [2.45, 2.75) is 82.4 Å². The smallest absolute Gasteiger partial charge is 0.329 e. The molecule has 1 fully saturated rings. The number of methoxy groups -OCH3 is 1. The molecule has 49 heavy (non-hydrogen) atoms. The van der Waals surface area contributed by atoms with Crippen LogP contribution in [-0.4, -0.2) is 73.6 Å². The molecule has 0 radical (unpaired) electrons. The fourth-order valence-electron chi connectivity index (χ4n) is 5.57. The Balaban J connectivity index is 1.84. The molecule has 0 saturated carbocycles. The summed E-state index contributed by atoms with van der Waals surface area (Å²) in [5.74, 6) is -0.640. The first-order chi connectivity index (χ1) is 23.1. The van der Waals surface area contributed by atoms with Crippen LogP contribution in [0, 0.1) is 16.0 Å². The summed E-state index contributed by atoms with van der Waals surface area (Å²) in [6, 6.07) is 17.2. The van der Waals surface area contributed by atoms with Crippen LogP contribution in [0.5, 0.6) is 5.75 Å². The average Bonchev–Trinajstić information content (AvgIpc) is 3.05. The number of anilines is 1. The van der Waals surface area contributed by atoms with Gasteiger partial charge in [-0.15, -0.1) is 0 Å². The van der Waals surface area contributed by atoms with Gasteiger partial charge >= 0.3 is 5.97 Å². The Bertz CT molecular complexity index is 1710. The van der Waals surface area contributed by atoms with E-state index in [0.29, 0.717) is 11.4 Å². The van der Waals surface area contributed by atoms with Crippen LogP contribution < -0.4 is 14.8 Å². The number of esters is 1. The fourth-order valence-corrected chi connectivity index (χ4v) is 7.01.